The molecular weight excluding hydrogens is 227 g/mol. The van der Waals surface area contributed by atoms with Gasteiger partial charge in [-0.25, -0.2) is 4.39 Å². The predicted octanol–water partition coefficient (Wildman–Crippen LogP) is 4.10. The van der Waals surface area contributed by atoms with Crippen molar-refractivity contribution >= 4 is 17.4 Å². The van der Waals surface area contributed by atoms with Gasteiger partial charge in [0.25, 0.3) is 0 Å². The second-order valence-electron chi connectivity index (χ2n) is 4.35. The van der Waals surface area contributed by atoms with Crippen LogP contribution in [0, 0.1) is 5.82 Å². The predicted molar refractivity (Wildman–Crippen MR) is 62.2 cm³/mol. The van der Waals surface area contributed by atoms with Gasteiger partial charge in [-0.3, -0.25) is 4.79 Å². The van der Waals surface area contributed by atoms with Gasteiger partial charge in [-0.1, -0.05) is 24.1 Å². The fourth-order valence-corrected chi connectivity index (χ4v) is 2.45. The molecule has 86 valence electrons. The van der Waals surface area contributed by atoms with E-state index in [2.05, 4.69) is 0 Å². The highest BCUT2D eigenvalue weighted by Crippen LogP contribution is 2.32. The van der Waals surface area contributed by atoms with Gasteiger partial charge in [0.1, 0.15) is 11.6 Å². The number of rotatable bonds is 1. The summed E-state index contributed by atoms with van der Waals surface area (Å²) in [5.74, 6) is -0.00341. The summed E-state index contributed by atoms with van der Waals surface area (Å²) in [5.41, 5.74) is 0.639. The Hall–Kier alpha value is -0.890. The van der Waals surface area contributed by atoms with Crippen molar-refractivity contribution in [2.45, 2.75) is 38.0 Å². The molecule has 0 N–H and O–H groups in total. The Morgan fingerprint density at radius 2 is 2.12 bits per heavy atom. The van der Waals surface area contributed by atoms with Crippen LogP contribution in [0.3, 0.4) is 0 Å². The Labute approximate surface area is 99.6 Å². The third kappa shape index (κ3) is 2.62. The maximum absolute atomic E-state index is 13.7. The van der Waals surface area contributed by atoms with E-state index in [0.29, 0.717) is 23.4 Å². The van der Waals surface area contributed by atoms with E-state index in [1.807, 2.05) is 0 Å². The largest absolute Gasteiger partial charge is 0.300 e. The van der Waals surface area contributed by atoms with Crippen LogP contribution in [0.1, 0.15) is 43.6 Å². The van der Waals surface area contributed by atoms with Gasteiger partial charge in [0, 0.05) is 17.9 Å². The molecule has 1 saturated carbocycles. The molecule has 1 aromatic carbocycles. The van der Waals surface area contributed by atoms with Gasteiger partial charge in [-0.05, 0) is 36.5 Å². The molecule has 0 amide bonds. The van der Waals surface area contributed by atoms with E-state index in [0.717, 1.165) is 19.3 Å². The molecule has 16 heavy (non-hydrogen) atoms. The first-order valence-corrected chi connectivity index (χ1v) is 6.01. The minimum absolute atomic E-state index is 0.0345. The lowest BCUT2D eigenvalue weighted by Crippen LogP contribution is -2.05. The summed E-state index contributed by atoms with van der Waals surface area (Å²) >= 11 is 5.71. The standard InChI is InChI=1S/C13H14ClFO/c14-10-5-6-12(13(15)8-10)9-3-1-2-4-11(16)7-9/h5-6,8-9H,1-4,7H2. The average Bonchev–Trinajstić information content (AvgIpc) is 2.43. The first-order valence-electron chi connectivity index (χ1n) is 5.63. The summed E-state index contributed by atoms with van der Waals surface area (Å²) in [4.78, 5) is 11.5. The molecule has 0 aromatic heterocycles. The third-order valence-electron chi connectivity index (χ3n) is 3.13. The minimum Gasteiger partial charge on any atom is -0.300 e. The Bertz CT molecular complexity index is 403. The second kappa shape index (κ2) is 4.96. The highest BCUT2D eigenvalue weighted by atomic mass is 35.5. The number of hydrogen-bond donors (Lipinski definition) is 0. The van der Waals surface area contributed by atoms with Crippen LogP contribution in [0.25, 0.3) is 0 Å². The van der Waals surface area contributed by atoms with E-state index in [4.69, 9.17) is 11.6 Å². The van der Waals surface area contributed by atoms with Crippen molar-refractivity contribution in [3.05, 3.63) is 34.6 Å². The van der Waals surface area contributed by atoms with Crippen LogP contribution in [0.4, 0.5) is 4.39 Å². The fraction of sp³-hybridized carbons (Fsp3) is 0.462. The average molecular weight is 241 g/mol. The van der Waals surface area contributed by atoms with Gasteiger partial charge in [0.05, 0.1) is 0 Å². The maximum atomic E-state index is 13.7. The number of benzene rings is 1. The lowest BCUT2D eigenvalue weighted by molar-refractivity contribution is -0.119. The van der Waals surface area contributed by atoms with Gasteiger partial charge < -0.3 is 0 Å². The van der Waals surface area contributed by atoms with Crippen LogP contribution in [0.15, 0.2) is 18.2 Å². The van der Waals surface area contributed by atoms with Crippen LogP contribution in [-0.4, -0.2) is 5.78 Å². The van der Waals surface area contributed by atoms with Gasteiger partial charge in [-0.15, -0.1) is 0 Å². The molecule has 1 aliphatic carbocycles. The first kappa shape index (κ1) is 11.6. The molecule has 0 spiro atoms. The molecule has 0 saturated heterocycles. The summed E-state index contributed by atoms with van der Waals surface area (Å²) in [7, 11) is 0. The molecule has 1 fully saturated rings. The van der Waals surface area contributed by atoms with E-state index in [9.17, 15) is 9.18 Å². The van der Waals surface area contributed by atoms with Crippen molar-refractivity contribution in [1.29, 1.82) is 0 Å². The van der Waals surface area contributed by atoms with Crippen LogP contribution < -0.4 is 0 Å². The number of halogens is 2. The van der Waals surface area contributed by atoms with Crippen molar-refractivity contribution in [1.82, 2.24) is 0 Å². The van der Waals surface area contributed by atoms with Crippen molar-refractivity contribution < 1.29 is 9.18 Å². The highest BCUT2D eigenvalue weighted by molar-refractivity contribution is 6.30. The number of hydrogen-bond acceptors (Lipinski definition) is 1. The summed E-state index contributed by atoms with van der Waals surface area (Å²) in [6, 6.07) is 4.72. The zero-order valence-corrected chi connectivity index (χ0v) is 9.77. The normalized spacial score (nSPS) is 21.9. The van der Waals surface area contributed by atoms with Crippen LogP contribution >= 0.6 is 11.6 Å². The minimum atomic E-state index is -0.285. The Morgan fingerprint density at radius 1 is 1.31 bits per heavy atom. The lowest BCUT2D eigenvalue weighted by atomic mass is 9.91. The Morgan fingerprint density at radius 3 is 2.88 bits per heavy atom. The molecule has 1 nitrogen and oxygen atoms in total. The molecule has 0 heterocycles. The zero-order chi connectivity index (χ0) is 11.5. The molecule has 2 rings (SSSR count). The van der Waals surface area contributed by atoms with Crippen molar-refractivity contribution in [3.8, 4) is 0 Å². The van der Waals surface area contributed by atoms with E-state index in [1.54, 1.807) is 12.1 Å². The molecule has 3 heteroatoms. The van der Waals surface area contributed by atoms with Crippen LogP contribution in [0.2, 0.25) is 5.02 Å². The molecular formula is C13H14ClFO. The SMILES string of the molecule is O=C1CCCCC(c2ccc(Cl)cc2F)C1. The summed E-state index contributed by atoms with van der Waals surface area (Å²) in [6.45, 7) is 0. The number of ketones is 1. The Balaban J connectivity index is 2.24. The molecule has 1 aliphatic rings. The molecule has 1 aromatic rings. The molecule has 1 unspecified atom stereocenters. The summed E-state index contributed by atoms with van der Waals surface area (Å²) < 4.78 is 13.7. The van der Waals surface area contributed by atoms with Gasteiger partial charge in [-0.2, -0.15) is 0 Å². The number of carbonyl (C=O) groups is 1. The van der Waals surface area contributed by atoms with Crippen LogP contribution in [-0.2, 0) is 4.79 Å². The third-order valence-corrected chi connectivity index (χ3v) is 3.37. The van der Waals surface area contributed by atoms with Crippen molar-refractivity contribution in [2.75, 3.05) is 0 Å². The first-order chi connectivity index (χ1) is 7.66. The van der Waals surface area contributed by atoms with Gasteiger partial charge in [0.2, 0.25) is 0 Å². The quantitative estimate of drug-likeness (QED) is 0.676. The lowest BCUT2D eigenvalue weighted by Gasteiger charge is -2.14. The Kier molecular flexibility index (Phi) is 3.59. The maximum Gasteiger partial charge on any atom is 0.133 e. The van der Waals surface area contributed by atoms with E-state index >= 15 is 0 Å². The summed E-state index contributed by atoms with van der Waals surface area (Å²) in [5, 5.41) is 0.404. The second-order valence-corrected chi connectivity index (χ2v) is 4.79. The van der Waals surface area contributed by atoms with Gasteiger partial charge >= 0.3 is 0 Å². The molecule has 0 radical (unpaired) electrons. The zero-order valence-electron chi connectivity index (χ0n) is 9.01. The van der Waals surface area contributed by atoms with E-state index < -0.39 is 0 Å². The fourth-order valence-electron chi connectivity index (χ4n) is 2.29. The molecule has 1 atom stereocenters. The van der Waals surface area contributed by atoms with Crippen LogP contribution in [0.5, 0.6) is 0 Å². The highest BCUT2D eigenvalue weighted by Gasteiger charge is 2.21. The number of carbonyl (C=O) groups excluding carboxylic acids is 1. The summed E-state index contributed by atoms with van der Waals surface area (Å²) in [6.07, 6.45) is 3.94. The van der Waals surface area contributed by atoms with Crippen molar-refractivity contribution in [2.24, 2.45) is 0 Å². The number of Topliss-reactive ketones (excluding diaryl/α,β-unsaturated/α-hetero) is 1. The van der Waals surface area contributed by atoms with Crippen molar-refractivity contribution in [3.63, 3.8) is 0 Å². The van der Waals surface area contributed by atoms with E-state index in [1.165, 1.54) is 6.07 Å². The molecule has 0 bridgehead atoms. The smallest absolute Gasteiger partial charge is 0.133 e. The topological polar surface area (TPSA) is 17.1 Å². The molecule has 0 aliphatic heterocycles. The monoisotopic (exact) mass is 240 g/mol. The van der Waals surface area contributed by atoms with E-state index in [-0.39, 0.29) is 17.5 Å². The van der Waals surface area contributed by atoms with Gasteiger partial charge in [0.15, 0.2) is 0 Å².